The maximum atomic E-state index is 12.0. The quantitative estimate of drug-likeness (QED) is 0.780. The van der Waals surface area contributed by atoms with Crippen molar-refractivity contribution >= 4 is 11.9 Å². The van der Waals surface area contributed by atoms with Gasteiger partial charge in [0.25, 0.3) is 0 Å². The summed E-state index contributed by atoms with van der Waals surface area (Å²) in [4.78, 5) is 23.3. The van der Waals surface area contributed by atoms with Gasteiger partial charge in [0.2, 0.25) is 5.91 Å². The number of carboxylic acids is 1. The monoisotopic (exact) mass is 271 g/mol. The zero-order chi connectivity index (χ0) is 13.8. The van der Waals surface area contributed by atoms with Crippen LogP contribution in [0.3, 0.4) is 0 Å². The van der Waals surface area contributed by atoms with E-state index in [2.05, 4.69) is 5.32 Å². The molecule has 2 N–H and O–H groups in total. The lowest BCUT2D eigenvalue weighted by Gasteiger charge is -2.28. The Morgan fingerprint density at radius 2 is 2.11 bits per heavy atom. The average Bonchev–Trinajstić information content (AvgIpc) is 2.83. The smallest absolute Gasteiger partial charge is 0.326 e. The Bertz CT molecular complexity index is 340. The number of hydrogen-bond donors (Lipinski definition) is 2. The fourth-order valence-electron chi connectivity index (χ4n) is 2.65. The number of carboxylic acid groups (broad SMARTS) is 1. The molecule has 6 heteroatoms. The molecule has 2 aliphatic rings. The molecule has 0 aliphatic carbocycles. The Hall–Kier alpha value is -1.14. The molecule has 4 unspecified atom stereocenters. The van der Waals surface area contributed by atoms with Crippen molar-refractivity contribution in [2.75, 3.05) is 13.2 Å². The van der Waals surface area contributed by atoms with Gasteiger partial charge < -0.3 is 19.9 Å². The van der Waals surface area contributed by atoms with Gasteiger partial charge in [-0.2, -0.15) is 0 Å². The van der Waals surface area contributed by atoms with E-state index in [1.54, 1.807) is 0 Å². The fourth-order valence-corrected chi connectivity index (χ4v) is 2.65. The van der Waals surface area contributed by atoms with E-state index < -0.39 is 18.1 Å². The van der Waals surface area contributed by atoms with Crippen LogP contribution < -0.4 is 5.32 Å². The zero-order valence-corrected chi connectivity index (χ0v) is 11.1. The minimum atomic E-state index is -1.00. The molecule has 0 radical (unpaired) electrons. The SMILES string of the molecule is CC1CCC(C(=O)NC(C(=O)O)C2CCCOC2)O1. The van der Waals surface area contributed by atoms with Gasteiger partial charge in [0, 0.05) is 12.5 Å². The summed E-state index contributed by atoms with van der Waals surface area (Å²) in [5, 5.41) is 11.9. The van der Waals surface area contributed by atoms with Crippen molar-refractivity contribution in [1.82, 2.24) is 5.32 Å². The molecule has 2 aliphatic heterocycles. The maximum absolute atomic E-state index is 12.0. The number of hydrogen-bond acceptors (Lipinski definition) is 4. The van der Waals surface area contributed by atoms with Gasteiger partial charge in [-0.25, -0.2) is 4.79 Å². The first-order valence-electron chi connectivity index (χ1n) is 6.84. The van der Waals surface area contributed by atoms with Crippen molar-refractivity contribution in [3.63, 3.8) is 0 Å². The third-order valence-corrected chi connectivity index (χ3v) is 3.76. The van der Waals surface area contributed by atoms with E-state index in [0.717, 1.165) is 19.3 Å². The predicted octanol–water partition coefficient (Wildman–Crippen LogP) is 0.550. The second-order valence-electron chi connectivity index (χ2n) is 5.31. The van der Waals surface area contributed by atoms with E-state index in [1.807, 2.05) is 6.92 Å². The number of nitrogens with one attached hydrogen (secondary N) is 1. The lowest BCUT2D eigenvalue weighted by molar-refractivity contribution is -0.147. The molecule has 0 aromatic rings. The average molecular weight is 271 g/mol. The first kappa shape index (κ1) is 14.3. The Kier molecular flexibility index (Phi) is 4.76. The van der Waals surface area contributed by atoms with Crippen LogP contribution >= 0.6 is 0 Å². The van der Waals surface area contributed by atoms with Crippen LogP contribution in [0.25, 0.3) is 0 Å². The summed E-state index contributed by atoms with van der Waals surface area (Å²) >= 11 is 0. The molecule has 19 heavy (non-hydrogen) atoms. The molecule has 4 atom stereocenters. The second kappa shape index (κ2) is 6.34. The minimum Gasteiger partial charge on any atom is -0.480 e. The van der Waals surface area contributed by atoms with Crippen LogP contribution in [0.15, 0.2) is 0 Å². The molecule has 0 bridgehead atoms. The van der Waals surface area contributed by atoms with Crippen LogP contribution in [0.1, 0.15) is 32.6 Å². The molecule has 2 saturated heterocycles. The van der Waals surface area contributed by atoms with E-state index in [9.17, 15) is 14.7 Å². The summed E-state index contributed by atoms with van der Waals surface area (Å²) in [6.07, 6.45) is 2.64. The molecule has 2 heterocycles. The highest BCUT2D eigenvalue weighted by atomic mass is 16.5. The van der Waals surface area contributed by atoms with Crippen LogP contribution in [-0.4, -0.2) is 48.4 Å². The Balaban J connectivity index is 1.92. The third kappa shape index (κ3) is 3.67. The van der Waals surface area contributed by atoms with Crippen molar-refractivity contribution < 1.29 is 24.2 Å². The molecule has 108 valence electrons. The predicted molar refractivity (Wildman–Crippen MR) is 66.7 cm³/mol. The molecule has 0 aromatic heterocycles. The normalized spacial score (nSPS) is 32.8. The highest BCUT2D eigenvalue weighted by Gasteiger charge is 2.35. The van der Waals surface area contributed by atoms with E-state index in [4.69, 9.17) is 9.47 Å². The molecule has 0 spiro atoms. The van der Waals surface area contributed by atoms with Crippen molar-refractivity contribution in [3.8, 4) is 0 Å². The summed E-state index contributed by atoms with van der Waals surface area (Å²) in [5.41, 5.74) is 0. The summed E-state index contributed by atoms with van der Waals surface area (Å²) in [6, 6.07) is -0.882. The molecule has 2 rings (SSSR count). The van der Waals surface area contributed by atoms with E-state index in [0.29, 0.717) is 19.6 Å². The highest BCUT2D eigenvalue weighted by Crippen LogP contribution is 2.21. The number of amides is 1. The first-order chi connectivity index (χ1) is 9.08. The highest BCUT2D eigenvalue weighted by molar-refractivity contribution is 5.86. The molecule has 0 saturated carbocycles. The first-order valence-corrected chi connectivity index (χ1v) is 6.84. The zero-order valence-electron chi connectivity index (χ0n) is 11.1. The molecule has 2 fully saturated rings. The van der Waals surface area contributed by atoms with Crippen LogP contribution in [0.4, 0.5) is 0 Å². The molecular weight excluding hydrogens is 250 g/mol. The minimum absolute atomic E-state index is 0.0667. The van der Waals surface area contributed by atoms with Crippen LogP contribution in [0.2, 0.25) is 0 Å². The number of ether oxygens (including phenoxy) is 2. The second-order valence-corrected chi connectivity index (χ2v) is 5.31. The van der Waals surface area contributed by atoms with Gasteiger partial charge in [0.05, 0.1) is 12.7 Å². The molecule has 6 nitrogen and oxygen atoms in total. The van der Waals surface area contributed by atoms with Crippen LogP contribution in [0, 0.1) is 5.92 Å². The van der Waals surface area contributed by atoms with Crippen molar-refractivity contribution in [1.29, 1.82) is 0 Å². The Morgan fingerprint density at radius 1 is 1.32 bits per heavy atom. The van der Waals surface area contributed by atoms with Gasteiger partial charge >= 0.3 is 5.97 Å². The summed E-state index contributed by atoms with van der Waals surface area (Å²) in [6.45, 7) is 2.97. The number of carbonyl (C=O) groups is 2. The van der Waals surface area contributed by atoms with Gasteiger partial charge in [-0.15, -0.1) is 0 Å². The van der Waals surface area contributed by atoms with Gasteiger partial charge in [-0.3, -0.25) is 4.79 Å². The molecule has 1 amide bonds. The number of carbonyl (C=O) groups excluding carboxylic acids is 1. The lowest BCUT2D eigenvalue weighted by atomic mass is 9.93. The Morgan fingerprint density at radius 3 is 2.63 bits per heavy atom. The lowest BCUT2D eigenvalue weighted by Crippen LogP contribution is -2.51. The van der Waals surface area contributed by atoms with Crippen molar-refractivity contribution in [2.24, 2.45) is 5.92 Å². The Labute approximate surface area is 112 Å². The van der Waals surface area contributed by atoms with E-state index in [-0.39, 0.29) is 17.9 Å². The number of aliphatic carboxylic acids is 1. The van der Waals surface area contributed by atoms with Gasteiger partial charge in [-0.05, 0) is 32.6 Å². The molecular formula is C13H21NO5. The van der Waals surface area contributed by atoms with Gasteiger partial charge in [-0.1, -0.05) is 0 Å². The summed E-state index contributed by atoms with van der Waals surface area (Å²) in [7, 11) is 0. The van der Waals surface area contributed by atoms with Gasteiger partial charge in [0.15, 0.2) is 0 Å². The van der Waals surface area contributed by atoms with Crippen molar-refractivity contribution in [2.45, 2.75) is 50.9 Å². The topological polar surface area (TPSA) is 84.9 Å². The largest absolute Gasteiger partial charge is 0.480 e. The summed E-state index contributed by atoms with van der Waals surface area (Å²) < 4.78 is 10.7. The van der Waals surface area contributed by atoms with Crippen molar-refractivity contribution in [3.05, 3.63) is 0 Å². The molecule has 0 aromatic carbocycles. The van der Waals surface area contributed by atoms with Gasteiger partial charge in [0.1, 0.15) is 12.1 Å². The van der Waals surface area contributed by atoms with Crippen LogP contribution in [-0.2, 0) is 19.1 Å². The van der Waals surface area contributed by atoms with E-state index >= 15 is 0 Å². The standard InChI is InChI=1S/C13H21NO5/c1-8-4-5-10(19-8)12(15)14-11(13(16)17)9-3-2-6-18-7-9/h8-11H,2-7H2,1H3,(H,14,15)(H,16,17). The van der Waals surface area contributed by atoms with E-state index in [1.165, 1.54) is 0 Å². The maximum Gasteiger partial charge on any atom is 0.326 e. The van der Waals surface area contributed by atoms with Crippen LogP contribution in [0.5, 0.6) is 0 Å². The fraction of sp³-hybridized carbons (Fsp3) is 0.846. The summed E-state index contributed by atoms with van der Waals surface area (Å²) in [5.74, 6) is -1.48. The third-order valence-electron chi connectivity index (χ3n) is 3.76. The number of rotatable bonds is 4.